The molecule has 11 heteroatoms. The van der Waals surface area contributed by atoms with Gasteiger partial charge in [0.2, 0.25) is 0 Å². The first kappa shape index (κ1) is 48.0. The van der Waals surface area contributed by atoms with Crippen LogP contribution in [0.1, 0.15) is 194 Å². The molecule has 1 saturated heterocycles. The normalized spacial score (nSPS) is 13.7. The van der Waals surface area contributed by atoms with Gasteiger partial charge in [-0.25, -0.2) is 4.79 Å². The number of unbranched alkanes of at least 4 members (excludes halogenated alkanes) is 24. The fraction of sp³-hybridized carbons (Fsp3) is 0.927. The van der Waals surface area contributed by atoms with E-state index in [1.165, 1.54) is 120 Å². The van der Waals surface area contributed by atoms with Gasteiger partial charge < -0.3 is 19.5 Å². The Balaban J connectivity index is 2.27. The molecule has 0 unspecified atom stereocenters. The summed E-state index contributed by atoms with van der Waals surface area (Å²) >= 11 is 0. The van der Waals surface area contributed by atoms with Gasteiger partial charge in [0, 0.05) is 25.9 Å². The fourth-order valence-corrected chi connectivity index (χ4v) is 6.60. The second kappa shape index (κ2) is 32.4. The van der Waals surface area contributed by atoms with Crippen molar-refractivity contribution in [3.05, 3.63) is 0 Å². The van der Waals surface area contributed by atoms with Crippen molar-refractivity contribution >= 4 is 18.0 Å². The van der Waals surface area contributed by atoms with Crippen molar-refractivity contribution in [1.29, 1.82) is 0 Å². The zero-order valence-electron chi connectivity index (χ0n) is 33.0. The third-order valence-electron chi connectivity index (χ3n) is 9.79. The number of carbonyl (C=O) groups is 3. The first-order valence-corrected chi connectivity index (χ1v) is 21.2. The van der Waals surface area contributed by atoms with E-state index in [1.807, 2.05) is 0 Å². The minimum atomic E-state index is -4.30. The number of nitrogens with zero attached hydrogens (tertiary/aromatic N) is 1. The van der Waals surface area contributed by atoms with E-state index in [-0.39, 0.29) is 39.1 Å². The summed E-state index contributed by atoms with van der Waals surface area (Å²) in [6.45, 7) is 3.03. The number of halogens is 3. The lowest BCUT2D eigenvalue weighted by Gasteiger charge is -2.39. The van der Waals surface area contributed by atoms with Crippen molar-refractivity contribution in [2.24, 2.45) is 0 Å². The van der Waals surface area contributed by atoms with Crippen molar-refractivity contribution in [3.8, 4) is 0 Å². The number of likely N-dealkylation sites (tertiary alicyclic amines) is 1. The monoisotopic (exact) mass is 749 g/mol. The molecule has 0 spiro atoms. The lowest BCUT2D eigenvalue weighted by Crippen LogP contribution is -2.61. The summed E-state index contributed by atoms with van der Waals surface area (Å²) in [5.74, 6) is -0.811. The van der Waals surface area contributed by atoms with Crippen molar-refractivity contribution in [1.82, 2.24) is 10.2 Å². The maximum Gasteiger partial charge on any atom is 0.407 e. The highest BCUT2D eigenvalue weighted by Gasteiger charge is 2.38. The summed E-state index contributed by atoms with van der Waals surface area (Å²) in [5.41, 5.74) is 0. The fourth-order valence-electron chi connectivity index (χ4n) is 6.60. The molecule has 1 heterocycles. The minimum absolute atomic E-state index is 0.0570. The highest BCUT2D eigenvalue weighted by atomic mass is 19.4. The Morgan fingerprint density at radius 3 is 1.23 bits per heavy atom. The summed E-state index contributed by atoms with van der Waals surface area (Å²) in [6, 6.07) is -0.480. The van der Waals surface area contributed by atoms with E-state index in [0.717, 1.165) is 38.5 Å². The molecule has 1 rings (SSSR count). The smallest absolute Gasteiger partial charge is 0.407 e. The number of hydrogen-bond donors (Lipinski definition) is 1. The molecular weight excluding hydrogens is 673 g/mol. The molecule has 0 aromatic carbocycles. The number of nitrogens with one attached hydrogen (secondary N) is 1. The van der Waals surface area contributed by atoms with Gasteiger partial charge in [-0.2, -0.15) is 13.2 Å². The molecule has 0 bridgehead atoms. The third kappa shape index (κ3) is 30.4. The molecule has 52 heavy (non-hydrogen) atoms. The van der Waals surface area contributed by atoms with Crippen LogP contribution in [0.4, 0.5) is 18.0 Å². The van der Waals surface area contributed by atoms with Gasteiger partial charge in [0.15, 0.2) is 6.10 Å². The van der Waals surface area contributed by atoms with E-state index < -0.39 is 42.9 Å². The van der Waals surface area contributed by atoms with Gasteiger partial charge in [0.25, 0.3) is 0 Å². The van der Waals surface area contributed by atoms with Gasteiger partial charge in [-0.1, -0.05) is 168 Å². The lowest BCUT2D eigenvalue weighted by molar-refractivity contribution is -0.156. The molecule has 306 valence electrons. The maximum absolute atomic E-state index is 12.6. The quantitative estimate of drug-likeness (QED) is 0.0392. The number of hydrogen-bond acceptors (Lipinski definition) is 7. The molecule has 0 radical (unpaired) electrons. The molecule has 0 aromatic rings. The summed E-state index contributed by atoms with van der Waals surface area (Å²) in [7, 11) is 0. The van der Waals surface area contributed by atoms with Gasteiger partial charge in [-0.05, 0) is 12.8 Å². The number of amides is 1. The van der Waals surface area contributed by atoms with Crippen LogP contribution in [0.3, 0.4) is 0 Å². The summed E-state index contributed by atoms with van der Waals surface area (Å²) in [6.07, 6.45) is 25.7. The van der Waals surface area contributed by atoms with Crippen molar-refractivity contribution in [2.75, 3.05) is 32.8 Å². The van der Waals surface area contributed by atoms with Gasteiger partial charge in [0.05, 0.1) is 12.6 Å². The highest BCUT2D eigenvalue weighted by molar-refractivity contribution is 5.70. The SMILES string of the molecule is CCCCCCCCCCCCCCCC(=O)OCC(COC(=O)CCCCCCCCCCCCCCC)OC(=O)NC1CN(CC(F)(F)F)C1. The van der Waals surface area contributed by atoms with Crippen molar-refractivity contribution in [2.45, 2.75) is 212 Å². The predicted molar refractivity (Wildman–Crippen MR) is 202 cm³/mol. The second-order valence-corrected chi connectivity index (χ2v) is 15.0. The van der Waals surface area contributed by atoms with Crippen LogP contribution < -0.4 is 5.32 Å². The zero-order chi connectivity index (χ0) is 38.1. The first-order chi connectivity index (χ1) is 25.1. The van der Waals surface area contributed by atoms with Crippen LogP contribution in [0.5, 0.6) is 0 Å². The summed E-state index contributed by atoms with van der Waals surface area (Å²) in [4.78, 5) is 38.5. The van der Waals surface area contributed by atoms with Gasteiger partial charge in [0.1, 0.15) is 13.2 Å². The molecule has 0 saturated carbocycles. The largest absolute Gasteiger partial charge is 0.462 e. The van der Waals surface area contributed by atoms with Crippen molar-refractivity contribution < 1.29 is 41.8 Å². The van der Waals surface area contributed by atoms with Gasteiger partial charge in [-0.15, -0.1) is 0 Å². The Morgan fingerprint density at radius 1 is 0.577 bits per heavy atom. The Labute approximate surface area is 314 Å². The number of alkyl carbamates (subject to hydrolysis) is 1. The van der Waals surface area contributed by atoms with Gasteiger partial charge in [-0.3, -0.25) is 14.5 Å². The van der Waals surface area contributed by atoms with E-state index in [2.05, 4.69) is 19.2 Å². The number of alkyl halides is 3. The Morgan fingerprint density at radius 2 is 0.904 bits per heavy atom. The van der Waals surface area contributed by atoms with E-state index in [0.29, 0.717) is 12.8 Å². The molecule has 0 atom stereocenters. The molecule has 0 aliphatic carbocycles. The Bertz CT molecular complexity index is 839. The molecule has 1 fully saturated rings. The van der Waals surface area contributed by atoms with E-state index in [4.69, 9.17) is 14.2 Å². The third-order valence-corrected chi connectivity index (χ3v) is 9.79. The van der Waals surface area contributed by atoms with Crippen LogP contribution in [0.2, 0.25) is 0 Å². The molecule has 1 N–H and O–H groups in total. The minimum Gasteiger partial charge on any atom is -0.462 e. The standard InChI is InChI=1S/C41H75F3N2O6/c1-3-5-7-9-11-13-15-17-19-21-23-25-27-29-38(47)50-33-37(52-40(49)45-36-31-46(32-36)35-41(42,43)44)34-51-39(48)30-28-26-24-22-20-18-16-14-12-10-8-6-4-2/h36-37H,3-35H2,1-2H3,(H,45,49). The summed E-state index contributed by atoms with van der Waals surface area (Å²) in [5, 5.41) is 2.55. The number of rotatable bonds is 35. The van der Waals surface area contributed by atoms with Crippen LogP contribution in [0.15, 0.2) is 0 Å². The molecular formula is C41H75F3N2O6. The maximum atomic E-state index is 12.6. The summed E-state index contributed by atoms with van der Waals surface area (Å²) < 4.78 is 53.9. The first-order valence-electron chi connectivity index (χ1n) is 21.2. The van der Waals surface area contributed by atoms with Crippen LogP contribution in [-0.2, 0) is 23.8 Å². The molecule has 1 amide bonds. The topological polar surface area (TPSA) is 94.2 Å². The second-order valence-electron chi connectivity index (χ2n) is 15.0. The van der Waals surface area contributed by atoms with E-state index in [9.17, 15) is 27.6 Å². The molecule has 8 nitrogen and oxygen atoms in total. The zero-order valence-corrected chi connectivity index (χ0v) is 33.0. The molecule has 1 aliphatic heterocycles. The number of ether oxygens (including phenoxy) is 3. The average Bonchev–Trinajstić information content (AvgIpc) is 3.08. The van der Waals surface area contributed by atoms with Gasteiger partial charge >= 0.3 is 24.2 Å². The van der Waals surface area contributed by atoms with Crippen LogP contribution >= 0.6 is 0 Å². The highest BCUT2D eigenvalue weighted by Crippen LogP contribution is 2.20. The van der Waals surface area contributed by atoms with E-state index in [1.54, 1.807) is 0 Å². The van der Waals surface area contributed by atoms with Crippen LogP contribution in [0, 0.1) is 0 Å². The molecule has 0 aromatic heterocycles. The van der Waals surface area contributed by atoms with Crippen molar-refractivity contribution in [3.63, 3.8) is 0 Å². The average molecular weight is 749 g/mol. The van der Waals surface area contributed by atoms with Crippen LogP contribution in [0.25, 0.3) is 0 Å². The van der Waals surface area contributed by atoms with Crippen LogP contribution in [-0.4, -0.2) is 74.1 Å². The number of carbonyl (C=O) groups excluding carboxylic acids is 3. The lowest BCUT2D eigenvalue weighted by atomic mass is 10.0. The number of esters is 2. The molecule has 1 aliphatic rings. The predicted octanol–water partition coefficient (Wildman–Crippen LogP) is 11.4. The Hall–Kier alpha value is -2.04. The van der Waals surface area contributed by atoms with E-state index >= 15 is 0 Å². The Kier molecular flexibility index (Phi) is 29.9.